The van der Waals surface area contributed by atoms with Crippen LogP contribution in [0.15, 0.2) is 30.3 Å². The third-order valence-electron chi connectivity index (χ3n) is 3.99. The summed E-state index contributed by atoms with van der Waals surface area (Å²) >= 11 is 0. The molecule has 2 heteroatoms. The molecule has 0 radical (unpaired) electrons. The fourth-order valence-electron chi connectivity index (χ4n) is 3.12. The van der Waals surface area contributed by atoms with E-state index in [1.165, 1.54) is 24.9 Å². The molecule has 0 bridgehead atoms. The van der Waals surface area contributed by atoms with Crippen LogP contribution in [0.1, 0.15) is 32.3 Å². The molecular formula is C16H26N2. The van der Waals surface area contributed by atoms with Crippen LogP contribution in [0.2, 0.25) is 0 Å². The van der Waals surface area contributed by atoms with Crippen LogP contribution in [0.4, 0.5) is 0 Å². The Morgan fingerprint density at radius 1 is 1.28 bits per heavy atom. The van der Waals surface area contributed by atoms with Crippen LogP contribution in [0.25, 0.3) is 0 Å². The molecule has 18 heavy (non-hydrogen) atoms. The Bertz CT molecular complexity index is 347. The monoisotopic (exact) mass is 246 g/mol. The normalized spacial score (nSPS) is 22.6. The van der Waals surface area contributed by atoms with Gasteiger partial charge < -0.3 is 5.73 Å². The molecule has 1 saturated heterocycles. The summed E-state index contributed by atoms with van der Waals surface area (Å²) in [5, 5.41) is 0. The molecular weight excluding hydrogens is 220 g/mol. The van der Waals surface area contributed by atoms with Gasteiger partial charge in [0.05, 0.1) is 0 Å². The number of hydrogen-bond donors (Lipinski definition) is 1. The van der Waals surface area contributed by atoms with Gasteiger partial charge in [-0.2, -0.15) is 0 Å². The van der Waals surface area contributed by atoms with Gasteiger partial charge in [-0.3, -0.25) is 4.90 Å². The Morgan fingerprint density at radius 3 is 2.67 bits per heavy atom. The van der Waals surface area contributed by atoms with Crippen molar-refractivity contribution in [3.05, 3.63) is 35.9 Å². The summed E-state index contributed by atoms with van der Waals surface area (Å²) in [5.74, 6) is 0.747. The van der Waals surface area contributed by atoms with Gasteiger partial charge in [0.1, 0.15) is 0 Å². The van der Waals surface area contributed by atoms with Gasteiger partial charge in [0, 0.05) is 18.6 Å². The van der Waals surface area contributed by atoms with Crippen LogP contribution in [-0.4, -0.2) is 30.1 Å². The minimum absolute atomic E-state index is 0.256. The summed E-state index contributed by atoms with van der Waals surface area (Å²) in [4.78, 5) is 2.60. The molecule has 1 heterocycles. The lowest BCUT2D eigenvalue weighted by Crippen LogP contribution is -2.43. The molecule has 1 fully saturated rings. The fraction of sp³-hybridized carbons (Fsp3) is 0.625. The molecule has 0 amide bonds. The quantitative estimate of drug-likeness (QED) is 0.865. The fourth-order valence-corrected chi connectivity index (χ4v) is 3.12. The Labute approximate surface area is 111 Å². The van der Waals surface area contributed by atoms with Crippen LogP contribution >= 0.6 is 0 Å². The number of nitrogens with two attached hydrogens (primary N) is 1. The van der Waals surface area contributed by atoms with Crippen LogP contribution in [0.3, 0.4) is 0 Å². The van der Waals surface area contributed by atoms with Crippen molar-refractivity contribution in [2.24, 2.45) is 11.7 Å². The second-order valence-corrected chi connectivity index (χ2v) is 5.90. The topological polar surface area (TPSA) is 29.3 Å². The molecule has 2 atom stereocenters. The van der Waals surface area contributed by atoms with Gasteiger partial charge in [0.25, 0.3) is 0 Å². The molecule has 1 aromatic rings. The van der Waals surface area contributed by atoms with Crippen LogP contribution in [-0.2, 0) is 6.42 Å². The molecule has 0 saturated carbocycles. The number of hydrogen-bond acceptors (Lipinski definition) is 2. The third kappa shape index (κ3) is 3.56. The van der Waals surface area contributed by atoms with E-state index in [2.05, 4.69) is 49.1 Å². The summed E-state index contributed by atoms with van der Waals surface area (Å²) in [5.41, 5.74) is 7.66. The average Bonchev–Trinajstić information content (AvgIpc) is 2.78. The van der Waals surface area contributed by atoms with Crippen molar-refractivity contribution >= 4 is 0 Å². The van der Waals surface area contributed by atoms with Gasteiger partial charge in [-0.05, 0) is 37.3 Å². The predicted molar refractivity (Wildman–Crippen MR) is 77.6 cm³/mol. The van der Waals surface area contributed by atoms with Gasteiger partial charge in [-0.1, -0.05) is 44.2 Å². The summed E-state index contributed by atoms with van der Waals surface area (Å²) in [6.45, 7) is 6.92. The van der Waals surface area contributed by atoms with Crippen molar-refractivity contribution in [2.75, 3.05) is 13.1 Å². The molecule has 2 N–H and O–H groups in total. The van der Waals surface area contributed by atoms with Gasteiger partial charge in [0.2, 0.25) is 0 Å². The molecule has 0 aliphatic carbocycles. The molecule has 1 aromatic carbocycles. The highest BCUT2D eigenvalue weighted by atomic mass is 15.2. The smallest absolute Gasteiger partial charge is 0.0208 e. The number of benzene rings is 1. The number of nitrogens with zero attached hydrogens (tertiary/aromatic N) is 1. The highest BCUT2D eigenvalue weighted by Gasteiger charge is 2.27. The third-order valence-corrected chi connectivity index (χ3v) is 3.99. The van der Waals surface area contributed by atoms with Gasteiger partial charge >= 0.3 is 0 Å². The molecule has 0 spiro atoms. The maximum atomic E-state index is 6.31. The van der Waals surface area contributed by atoms with Crippen LogP contribution < -0.4 is 5.73 Å². The first-order chi connectivity index (χ1) is 8.66. The Hall–Kier alpha value is -0.860. The zero-order valence-electron chi connectivity index (χ0n) is 11.7. The lowest BCUT2D eigenvalue weighted by Gasteiger charge is -2.29. The molecule has 2 nitrogen and oxygen atoms in total. The number of rotatable bonds is 5. The van der Waals surface area contributed by atoms with Crippen molar-refractivity contribution < 1.29 is 0 Å². The predicted octanol–water partition coefficient (Wildman–Crippen LogP) is 2.68. The second-order valence-electron chi connectivity index (χ2n) is 5.90. The van der Waals surface area contributed by atoms with E-state index in [1.807, 2.05) is 0 Å². The first kappa shape index (κ1) is 13.6. The summed E-state index contributed by atoms with van der Waals surface area (Å²) in [7, 11) is 0. The first-order valence-electron chi connectivity index (χ1n) is 7.20. The molecule has 1 aliphatic rings. The standard InChI is InChI=1S/C16H26N2/c1-13(2)16-9-6-10-18(16)12-15(17)11-14-7-4-3-5-8-14/h3-5,7-8,13,15-16H,6,9-12,17H2,1-2H3. The Morgan fingerprint density at radius 2 is 2.00 bits per heavy atom. The minimum atomic E-state index is 0.256. The molecule has 2 unspecified atom stereocenters. The van der Waals surface area contributed by atoms with E-state index in [4.69, 9.17) is 5.73 Å². The highest BCUT2D eigenvalue weighted by molar-refractivity contribution is 5.15. The second kappa shape index (κ2) is 6.35. The SMILES string of the molecule is CC(C)C1CCCN1CC(N)Cc1ccccc1. The molecule has 1 aliphatic heterocycles. The molecule has 100 valence electrons. The summed E-state index contributed by atoms with van der Waals surface area (Å²) in [6.07, 6.45) is 3.67. The van der Waals surface area contributed by atoms with Crippen molar-refractivity contribution in [1.82, 2.24) is 4.90 Å². The van der Waals surface area contributed by atoms with Gasteiger partial charge in [-0.15, -0.1) is 0 Å². The van der Waals surface area contributed by atoms with Crippen molar-refractivity contribution in [1.29, 1.82) is 0 Å². The molecule has 0 aromatic heterocycles. The lowest BCUT2D eigenvalue weighted by molar-refractivity contribution is 0.195. The zero-order valence-corrected chi connectivity index (χ0v) is 11.7. The van der Waals surface area contributed by atoms with E-state index in [0.717, 1.165) is 24.9 Å². The average molecular weight is 246 g/mol. The van der Waals surface area contributed by atoms with Crippen LogP contribution in [0.5, 0.6) is 0 Å². The first-order valence-corrected chi connectivity index (χ1v) is 7.20. The number of likely N-dealkylation sites (tertiary alicyclic amines) is 1. The zero-order chi connectivity index (χ0) is 13.0. The minimum Gasteiger partial charge on any atom is -0.326 e. The summed E-state index contributed by atoms with van der Waals surface area (Å²) < 4.78 is 0. The Kier molecular flexibility index (Phi) is 4.79. The van der Waals surface area contributed by atoms with E-state index in [1.54, 1.807) is 0 Å². The van der Waals surface area contributed by atoms with E-state index in [-0.39, 0.29) is 6.04 Å². The van der Waals surface area contributed by atoms with Gasteiger partial charge in [0.15, 0.2) is 0 Å². The highest BCUT2D eigenvalue weighted by Crippen LogP contribution is 2.23. The maximum Gasteiger partial charge on any atom is 0.0208 e. The van der Waals surface area contributed by atoms with Crippen LogP contribution in [0, 0.1) is 5.92 Å². The maximum absolute atomic E-state index is 6.31. The summed E-state index contributed by atoms with van der Waals surface area (Å²) in [6, 6.07) is 11.6. The van der Waals surface area contributed by atoms with E-state index in [9.17, 15) is 0 Å². The Balaban J connectivity index is 1.85. The van der Waals surface area contributed by atoms with Gasteiger partial charge in [-0.25, -0.2) is 0 Å². The molecule has 2 rings (SSSR count). The van der Waals surface area contributed by atoms with E-state index >= 15 is 0 Å². The lowest BCUT2D eigenvalue weighted by atomic mass is 10.0. The van der Waals surface area contributed by atoms with Crippen molar-refractivity contribution in [3.63, 3.8) is 0 Å². The largest absolute Gasteiger partial charge is 0.326 e. The van der Waals surface area contributed by atoms with E-state index in [0.29, 0.717) is 0 Å². The van der Waals surface area contributed by atoms with E-state index < -0.39 is 0 Å². The van der Waals surface area contributed by atoms with Crippen molar-refractivity contribution in [2.45, 2.75) is 45.2 Å². The van der Waals surface area contributed by atoms with Crippen molar-refractivity contribution in [3.8, 4) is 0 Å².